The first-order valence-electron chi connectivity index (χ1n) is 9.48. The van der Waals surface area contributed by atoms with E-state index >= 15 is 0 Å². The number of hydrogen-bond acceptors (Lipinski definition) is 4. The Morgan fingerprint density at radius 2 is 1.59 bits per heavy atom. The number of benzene rings is 3. The molecule has 0 spiro atoms. The first-order chi connectivity index (χ1) is 14.2. The molecule has 3 aromatic carbocycles. The van der Waals surface area contributed by atoms with Crippen molar-refractivity contribution in [1.82, 2.24) is 0 Å². The van der Waals surface area contributed by atoms with Crippen molar-refractivity contribution >= 4 is 34.7 Å². The number of amides is 1. The third-order valence-corrected chi connectivity index (χ3v) is 5.89. The molecular weight excluding hydrogens is 378 g/mol. The number of amidine groups is 1. The Morgan fingerprint density at radius 3 is 2.31 bits per heavy atom. The number of thioether (sulfide) groups is 1. The molecule has 1 aliphatic rings. The minimum atomic E-state index is -0.220. The van der Waals surface area contributed by atoms with Gasteiger partial charge in [-0.3, -0.25) is 9.69 Å². The highest BCUT2D eigenvalue weighted by Gasteiger charge is 2.39. The van der Waals surface area contributed by atoms with Crippen molar-refractivity contribution in [3.8, 4) is 0 Å². The third-order valence-electron chi connectivity index (χ3n) is 4.77. The molecule has 0 N–H and O–H groups in total. The van der Waals surface area contributed by atoms with E-state index in [1.165, 1.54) is 22.9 Å². The maximum absolute atomic E-state index is 13.2. The summed E-state index contributed by atoms with van der Waals surface area (Å²) < 4.78 is 0. The number of para-hydroxylation sites is 1. The average Bonchev–Trinajstić information content (AvgIpc) is 3.06. The predicted molar refractivity (Wildman–Crippen MR) is 122 cm³/mol. The lowest BCUT2D eigenvalue weighted by Gasteiger charge is -2.15. The summed E-state index contributed by atoms with van der Waals surface area (Å²) in [4.78, 5) is 14.9. The first kappa shape index (κ1) is 19.2. The molecule has 3 aromatic rings. The van der Waals surface area contributed by atoms with Gasteiger partial charge in [-0.1, -0.05) is 84.6 Å². The van der Waals surface area contributed by atoms with Crippen molar-refractivity contribution in [2.75, 3.05) is 4.90 Å². The monoisotopic (exact) mass is 399 g/mol. The lowest BCUT2D eigenvalue weighted by Crippen LogP contribution is -2.32. The van der Waals surface area contributed by atoms with Crippen molar-refractivity contribution in [3.63, 3.8) is 0 Å². The summed E-state index contributed by atoms with van der Waals surface area (Å²) in [6, 6.07) is 27.6. The molecule has 1 aliphatic heterocycles. The molecule has 1 heterocycles. The average molecular weight is 400 g/mol. The predicted octanol–water partition coefficient (Wildman–Crippen LogP) is 5.08. The maximum Gasteiger partial charge on any atom is 0.247 e. The fourth-order valence-electron chi connectivity index (χ4n) is 3.20. The van der Waals surface area contributed by atoms with Crippen molar-refractivity contribution in [2.24, 2.45) is 10.2 Å². The van der Waals surface area contributed by atoms with Gasteiger partial charge in [0, 0.05) is 0 Å². The minimum absolute atomic E-state index is 0.0399. The summed E-state index contributed by atoms with van der Waals surface area (Å²) in [5, 5.41) is 9.02. The van der Waals surface area contributed by atoms with E-state index in [4.69, 9.17) is 0 Å². The van der Waals surface area contributed by atoms with Gasteiger partial charge < -0.3 is 0 Å². The normalized spacial score (nSPS) is 18.1. The largest absolute Gasteiger partial charge is 0.273 e. The third kappa shape index (κ3) is 4.46. The fraction of sp³-hybridized carbons (Fsp3) is 0.125. The zero-order valence-corrected chi connectivity index (χ0v) is 16.9. The molecule has 29 heavy (non-hydrogen) atoms. The van der Waals surface area contributed by atoms with Gasteiger partial charge in [0.1, 0.15) is 0 Å². The molecule has 0 saturated carbocycles. The fourth-order valence-corrected chi connectivity index (χ4v) is 4.32. The van der Waals surface area contributed by atoms with E-state index in [9.17, 15) is 4.79 Å². The van der Waals surface area contributed by atoms with E-state index in [1.54, 1.807) is 11.1 Å². The van der Waals surface area contributed by atoms with E-state index in [0.717, 1.165) is 11.3 Å². The Bertz CT molecular complexity index is 1050. The van der Waals surface area contributed by atoms with E-state index in [2.05, 4.69) is 29.3 Å². The Labute approximate surface area is 175 Å². The van der Waals surface area contributed by atoms with Gasteiger partial charge in [0.2, 0.25) is 5.91 Å². The summed E-state index contributed by atoms with van der Waals surface area (Å²) >= 11 is 1.47. The standard InChI is InChI=1S/C24H21N3OS/c1-18-10-8-9-13-20(18)16-22-23(28)27(21-14-6-3-7-15-21)24(29-22)26-25-17-19-11-4-2-5-12-19/h2-15,17,22H,16H2,1H3/b25-17-,26-24-/t22-/m0/s1. The Balaban J connectivity index is 1.62. The Hall–Kier alpha value is -3.18. The molecule has 0 radical (unpaired) electrons. The van der Waals surface area contributed by atoms with E-state index in [1.807, 2.05) is 72.8 Å². The van der Waals surface area contributed by atoms with Crippen LogP contribution >= 0.6 is 11.8 Å². The Morgan fingerprint density at radius 1 is 0.931 bits per heavy atom. The van der Waals surface area contributed by atoms with Crippen LogP contribution in [0.15, 0.2) is 95.1 Å². The number of anilines is 1. The molecule has 4 rings (SSSR count). The van der Waals surface area contributed by atoms with Crippen molar-refractivity contribution in [3.05, 3.63) is 102 Å². The van der Waals surface area contributed by atoms with E-state index in [-0.39, 0.29) is 11.2 Å². The van der Waals surface area contributed by atoms with Crippen LogP contribution in [0, 0.1) is 6.92 Å². The highest BCUT2D eigenvalue weighted by Crippen LogP contribution is 2.34. The SMILES string of the molecule is Cc1ccccc1C[C@@H]1S/C(=N\N=C/c2ccccc2)N(c2ccccc2)C1=O. The number of carbonyl (C=O) groups is 1. The van der Waals surface area contributed by atoms with Crippen LogP contribution in [0.1, 0.15) is 16.7 Å². The second-order valence-electron chi connectivity index (χ2n) is 6.78. The summed E-state index contributed by atoms with van der Waals surface area (Å²) in [6.07, 6.45) is 2.37. The molecule has 1 saturated heterocycles. The maximum atomic E-state index is 13.2. The van der Waals surface area contributed by atoms with Gasteiger partial charge in [0.25, 0.3) is 0 Å². The lowest BCUT2D eigenvalue weighted by atomic mass is 10.0. The van der Waals surface area contributed by atoms with Gasteiger partial charge in [-0.2, -0.15) is 5.10 Å². The number of rotatable bonds is 5. The summed E-state index contributed by atoms with van der Waals surface area (Å²) in [5.41, 5.74) is 4.15. The van der Waals surface area contributed by atoms with Gasteiger partial charge in [-0.15, -0.1) is 5.10 Å². The number of hydrogen-bond donors (Lipinski definition) is 0. The minimum Gasteiger partial charge on any atom is -0.273 e. The zero-order valence-electron chi connectivity index (χ0n) is 16.1. The molecule has 144 valence electrons. The molecule has 1 amide bonds. The zero-order chi connectivity index (χ0) is 20.1. The van der Waals surface area contributed by atoms with Gasteiger partial charge >= 0.3 is 0 Å². The smallest absolute Gasteiger partial charge is 0.247 e. The topological polar surface area (TPSA) is 45.0 Å². The van der Waals surface area contributed by atoms with Crippen LogP contribution in [0.2, 0.25) is 0 Å². The summed E-state index contributed by atoms with van der Waals surface area (Å²) in [7, 11) is 0. The quantitative estimate of drug-likeness (QED) is 0.444. The highest BCUT2D eigenvalue weighted by molar-refractivity contribution is 8.16. The van der Waals surface area contributed by atoms with Gasteiger partial charge in [0.15, 0.2) is 5.17 Å². The van der Waals surface area contributed by atoms with Crippen LogP contribution in [0.4, 0.5) is 5.69 Å². The second-order valence-corrected chi connectivity index (χ2v) is 7.95. The van der Waals surface area contributed by atoms with Crippen molar-refractivity contribution < 1.29 is 4.79 Å². The molecule has 5 heteroatoms. The summed E-state index contributed by atoms with van der Waals surface area (Å²) in [5.74, 6) is 0.0399. The number of nitrogens with zero attached hydrogens (tertiary/aromatic N) is 3. The van der Waals surface area contributed by atoms with Crippen LogP contribution in [0.5, 0.6) is 0 Å². The van der Waals surface area contributed by atoms with Crippen LogP contribution in [0.25, 0.3) is 0 Å². The first-order valence-corrected chi connectivity index (χ1v) is 10.4. The van der Waals surface area contributed by atoms with Gasteiger partial charge in [0.05, 0.1) is 17.2 Å². The van der Waals surface area contributed by atoms with Gasteiger partial charge in [-0.25, -0.2) is 0 Å². The second kappa shape index (κ2) is 8.88. The number of aryl methyl sites for hydroxylation is 1. The molecule has 0 bridgehead atoms. The van der Waals surface area contributed by atoms with Crippen molar-refractivity contribution in [1.29, 1.82) is 0 Å². The van der Waals surface area contributed by atoms with Crippen LogP contribution in [-0.2, 0) is 11.2 Å². The molecule has 1 fully saturated rings. The van der Waals surface area contributed by atoms with Gasteiger partial charge in [-0.05, 0) is 42.2 Å². The van der Waals surface area contributed by atoms with Crippen molar-refractivity contribution in [2.45, 2.75) is 18.6 Å². The van der Waals surface area contributed by atoms with Crippen LogP contribution < -0.4 is 4.90 Å². The van der Waals surface area contributed by atoms with Crippen LogP contribution in [-0.4, -0.2) is 22.5 Å². The molecule has 0 aliphatic carbocycles. The van der Waals surface area contributed by atoms with E-state index < -0.39 is 0 Å². The molecule has 0 aromatic heterocycles. The number of carbonyl (C=O) groups excluding carboxylic acids is 1. The molecule has 4 nitrogen and oxygen atoms in total. The van der Waals surface area contributed by atoms with E-state index in [0.29, 0.717) is 11.6 Å². The van der Waals surface area contributed by atoms with Crippen LogP contribution in [0.3, 0.4) is 0 Å². The highest BCUT2D eigenvalue weighted by atomic mass is 32.2. The Kier molecular flexibility index (Phi) is 5.86. The molecule has 0 unspecified atom stereocenters. The lowest BCUT2D eigenvalue weighted by molar-refractivity contribution is -0.116. The summed E-state index contributed by atoms with van der Waals surface area (Å²) in [6.45, 7) is 2.08. The molecule has 1 atom stereocenters. The molecular formula is C24H21N3OS.